The van der Waals surface area contributed by atoms with Crippen molar-refractivity contribution >= 4 is 23.4 Å². The molecule has 0 radical (unpaired) electrons. The summed E-state index contributed by atoms with van der Waals surface area (Å²) in [6, 6.07) is 13.5. The quantitative estimate of drug-likeness (QED) is 0.640. The van der Waals surface area contributed by atoms with Crippen molar-refractivity contribution in [2.75, 3.05) is 24.0 Å². The van der Waals surface area contributed by atoms with Crippen molar-refractivity contribution in [1.29, 1.82) is 0 Å². The maximum absolute atomic E-state index is 12.7. The van der Waals surface area contributed by atoms with E-state index in [2.05, 4.69) is 21.6 Å². The van der Waals surface area contributed by atoms with Crippen LogP contribution in [0.5, 0.6) is 11.5 Å². The fourth-order valence-corrected chi connectivity index (χ4v) is 4.02. The van der Waals surface area contributed by atoms with Gasteiger partial charge in [0.2, 0.25) is 17.9 Å². The molecule has 0 N–H and O–H groups in total. The first-order valence-electron chi connectivity index (χ1n) is 8.49. The van der Waals surface area contributed by atoms with Crippen molar-refractivity contribution in [3.05, 3.63) is 48.0 Å². The van der Waals surface area contributed by atoms with Crippen molar-refractivity contribution in [1.82, 2.24) is 20.2 Å². The van der Waals surface area contributed by atoms with Crippen LogP contribution in [-0.2, 0) is 11.2 Å². The highest BCUT2D eigenvalue weighted by Gasteiger charge is 2.25. The zero-order valence-electron chi connectivity index (χ0n) is 14.2. The third-order valence-electron chi connectivity index (χ3n) is 4.55. The number of thioether (sulfide) groups is 1. The van der Waals surface area contributed by atoms with E-state index in [1.165, 1.54) is 17.3 Å². The molecule has 2 aliphatic rings. The van der Waals surface area contributed by atoms with Crippen LogP contribution >= 0.6 is 11.8 Å². The molecule has 0 aliphatic carbocycles. The third kappa shape index (κ3) is 2.89. The molecular formula is C18H15N5O3S. The molecule has 1 aromatic heterocycles. The van der Waals surface area contributed by atoms with Gasteiger partial charge in [-0.3, -0.25) is 4.79 Å². The number of tetrazole rings is 1. The second-order valence-electron chi connectivity index (χ2n) is 6.12. The van der Waals surface area contributed by atoms with Crippen molar-refractivity contribution in [3.63, 3.8) is 0 Å². The zero-order chi connectivity index (χ0) is 18.2. The van der Waals surface area contributed by atoms with Gasteiger partial charge in [0.15, 0.2) is 11.5 Å². The summed E-state index contributed by atoms with van der Waals surface area (Å²) in [7, 11) is 0. The van der Waals surface area contributed by atoms with Crippen molar-refractivity contribution < 1.29 is 14.3 Å². The molecule has 3 heterocycles. The number of ether oxygens (including phenoxy) is 2. The van der Waals surface area contributed by atoms with Crippen LogP contribution in [0.3, 0.4) is 0 Å². The summed E-state index contributed by atoms with van der Waals surface area (Å²) in [5, 5.41) is 12.4. The van der Waals surface area contributed by atoms with Crippen LogP contribution in [0.25, 0.3) is 5.69 Å². The van der Waals surface area contributed by atoms with E-state index in [4.69, 9.17) is 9.47 Å². The molecule has 2 aliphatic heterocycles. The van der Waals surface area contributed by atoms with E-state index in [0.717, 1.165) is 17.8 Å². The number of aromatic nitrogens is 4. The molecule has 0 fully saturated rings. The highest BCUT2D eigenvalue weighted by Crippen LogP contribution is 2.34. The Hall–Kier alpha value is -3.07. The van der Waals surface area contributed by atoms with Gasteiger partial charge in [0.1, 0.15) is 0 Å². The summed E-state index contributed by atoms with van der Waals surface area (Å²) in [4.78, 5) is 14.5. The van der Waals surface area contributed by atoms with Gasteiger partial charge in [-0.15, -0.1) is 5.10 Å². The Labute approximate surface area is 159 Å². The number of benzene rings is 2. The Balaban J connectivity index is 1.32. The third-order valence-corrected chi connectivity index (χ3v) is 5.46. The molecule has 136 valence electrons. The highest BCUT2D eigenvalue weighted by molar-refractivity contribution is 7.99. The van der Waals surface area contributed by atoms with E-state index < -0.39 is 0 Å². The van der Waals surface area contributed by atoms with Gasteiger partial charge in [-0.05, 0) is 40.6 Å². The first-order chi connectivity index (χ1) is 13.3. The average molecular weight is 381 g/mol. The molecule has 1 amide bonds. The number of anilines is 1. The molecule has 9 heteroatoms. The van der Waals surface area contributed by atoms with Crippen molar-refractivity contribution in [2.24, 2.45) is 0 Å². The van der Waals surface area contributed by atoms with Crippen molar-refractivity contribution in [3.8, 4) is 17.2 Å². The van der Waals surface area contributed by atoms with Crippen LogP contribution in [-0.4, -0.2) is 45.2 Å². The number of hydrogen-bond acceptors (Lipinski definition) is 7. The molecule has 2 aromatic carbocycles. The van der Waals surface area contributed by atoms with E-state index in [9.17, 15) is 4.79 Å². The van der Waals surface area contributed by atoms with E-state index in [1.54, 1.807) is 4.68 Å². The number of hydrogen-bond donors (Lipinski definition) is 0. The number of rotatable bonds is 4. The number of carbonyl (C=O) groups excluding carboxylic acids is 1. The largest absolute Gasteiger partial charge is 0.454 e. The van der Waals surface area contributed by atoms with Crippen molar-refractivity contribution in [2.45, 2.75) is 11.6 Å². The molecule has 0 spiro atoms. The first-order valence-corrected chi connectivity index (χ1v) is 9.47. The average Bonchev–Trinajstić information content (AvgIpc) is 3.44. The summed E-state index contributed by atoms with van der Waals surface area (Å²) in [5.41, 5.74) is 2.96. The SMILES string of the molecule is O=C(CSc1nnnn1-c1ccc2c(c1)OCO2)N1CCc2ccccc21. The molecule has 0 saturated heterocycles. The highest BCUT2D eigenvalue weighted by atomic mass is 32.2. The predicted molar refractivity (Wildman–Crippen MR) is 98.5 cm³/mol. The lowest BCUT2D eigenvalue weighted by atomic mass is 10.2. The molecule has 0 saturated carbocycles. The van der Waals surface area contributed by atoms with Crippen LogP contribution in [0.1, 0.15) is 5.56 Å². The molecular weight excluding hydrogens is 366 g/mol. The minimum atomic E-state index is 0.0465. The van der Waals surface area contributed by atoms with Gasteiger partial charge in [-0.2, -0.15) is 4.68 Å². The molecule has 27 heavy (non-hydrogen) atoms. The van der Waals surface area contributed by atoms with Crippen LogP contribution in [0.15, 0.2) is 47.6 Å². The Bertz CT molecular complexity index is 1020. The minimum Gasteiger partial charge on any atom is -0.454 e. The van der Waals surface area contributed by atoms with Gasteiger partial charge >= 0.3 is 0 Å². The monoisotopic (exact) mass is 381 g/mol. The number of nitrogens with zero attached hydrogens (tertiary/aromatic N) is 5. The Morgan fingerprint density at radius 1 is 1.15 bits per heavy atom. The lowest BCUT2D eigenvalue weighted by Crippen LogP contribution is -2.30. The van der Waals surface area contributed by atoms with Gasteiger partial charge < -0.3 is 14.4 Å². The van der Waals surface area contributed by atoms with E-state index in [-0.39, 0.29) is 18.5 Å². The summed E-state index contributed by atoms with van der Waals surface area (Å²) in [6.45, 7) is 0.924. The summed E-state index contributed by atoms with van der Waals surface area (Å²) < 4.78 is 12.3. The molecule has 0 bridgehead atoms. The fourth-order valence-electron chi connectivity index (χ4n) is 3.25. The fraction of sp³-hybridized carbons (Fsp3) is 0.222. The molecule has 8 nitrogen and oxygen atoms in total. The lowest BCUT2D eigenvalue weighted by Gasteiger charge is -2.16. The van der Waals surface area contributed by atoms with Crippen LogP contribution in [0.4, 0.5) is 5.69 Å². The minimum absolute atomic E-state index is 0.0465. The van der Waals surface area contributed by atoms with E-state index in [1.807, 2.05) is 41.3 Å². The second-order valence-corrected chi connectivity index (χ2v) is 7.07. The van der Waals surface area contributed by atoms with Gasteiger partial charge in [0.05, 0.1) is 11.4 Å². The second kappa shape index (κ2) is 6.58. The number of fused-ring (bicyclic) bond motifs is 2. The first kappa shape index (κ1) is 16.1. The van der Waals surface area contributed by atoms with Gasteiger partial charge in [-0.1, -0.05) is 30.0 Å². The van der Waals surface area contributed by atoms with Gasteiger partial charge in [-0.25, -0.2) is 0 Å². The van der Waals surface area contributed by atoms with Gasteiger partial charge in [0, 0.05) is 18.3 Å². The van der Waals surface area contributed by atoms with Crippen LogP contribution in [0, 0.1) is 0 Å². The van der Waals surface area contributed by atoms with Crippen LogP contribution in [0.2, 0.25) is 0 Å². The number of para-hydroxylation sites is 1. The lowest BCUT2D eigenvalue weighted by molar-refractivity contribution is -0.116. The van der Waals surface area contributed by atoms with Crippen LogP contribution < -0.4 is 14.4 Å². The Morgan fingerprint density at radius 2 is 2.04 bits per heavy atom. The zero-order valence-corrected chi connectivity index (χ0v) is 15.1. The number of carbonyl (C=O) groups is 1. The normalized spacial score (nSPS) is 14.4. The molecule has 3 aromatic rings. The Morgan fingerprint density at radius 3 is 3.00 bits per heavy atom. The summed E-state index contributed by atoms with van der Waals surface area (Å²) >= 11 is 1.32. The maximum Gasteiger partial charge on any atom is 0.237 e. The Kier molecular flexibility index (Phi) is 3.93. The van der Waals surface area contributed by atoms with E-state index in [0.29, 0.717) is 23.2 Å². The number of amides is 1. The maximum atomic E-state index is 12.7. The smallest absolute Gasteiger partial charge is 0.237 e. The summed E-state index contributed by atoms with van der Waals surface area (Å²) in [5.74, 6) is 1.66. The predicted octanol–water partition coefficient (Wildman–Crippen LogP) is 2.07. The molecule has 0 unspecified atom stereocenters. The topological polar surface area (TPSA) is 82.4 Å². The molecule has 5 rings (SSSR count). The molecule has 0 atom stereocenters. The van der Waals surface area contributed by atoms with E-state index >= 15 is 0 Å². The standard InChI is InChI=1S/C18H15N5O3S/c24-17(22-8-7-12-3-1-2-4-14(12)22)10-27-18-19-20-21-23(18)13-5-6-15-16(9-13)26-11-25-15/h1-6,9H,7-8,10-11H2. The summed E-state index contributed by atoms with van der Waals surface area (Å²) in [6.07, 6.45) is 0.890. The van der Waals surface area contributed by atoms with Gasteiger partial charge in [0.25, 0.3) is 0 Å².